The summed E-state index contributed by atoms with van der Waals surface area (Å²) in [6.07, 6.45) is -1.36. The number of aromatic carboxylic acids is 1. The predicted octanol–water partition coefficient (Wildman–Crippen LogP) is 1.82. The van der Waals surface area contributed by atoms with Crippen molar-refractivity contribution in [2.75, 3.05) is 5.32 Å². The molecule has 3 N–H and O–H groups in total. The molecule has 1 aromatic carbocycles. The number of benzene rings is 1. The summed E-state index contributed by atoms with van der Waals surface area (Å²) in [6, 6.07) is 8.39. The highest BCUT2D eigenvalue weighted by Gasteiger charge is 2.23. The van der Waals surface area contributed by atoms with E-state index in [-0.39, 0.29) is 10.6 Å². The highest BCUT2D eigenvalue weighted by molar-refractivity contribution is 7.11. The van der Waals surface area contributed by atoms with E-state index >= 15 is 0 Å². The maximum atomic E-state index is 11.9. The highest BCUT2D eigenvalue weighted by atomic mass is 32.1. The summed E-state index contributed by atoms with van der Waals surface area (Å²) in [5.41, 5.74) is 0.707. The first-order valence-electron chi connectivity index (χ1n) is 5.74. The zero-order chi connectivity index (χ0) is 14.7. The minimum atomic E-state index is -1.36. The zero-order valence-corrected chi connectivity index (χ0v) is 11.3. The molecule has 7 heteroatoms. The molecule has 20 heavy (non-hydrogen) atoms. The number of carbonyl (C=O) groups is 2. The Labute approximate surface area is 118 Å². The predicted molar refractivity (Wildman–Crippen MR) is 73.8 cm³/mol. The van der Waals surface area contributed by atoms with Crippen LogP contribution in [0.1, 0.15) is 27.7 Å². The summed E-state index contributed by atoms with van der Waals surface area (Å²) in [5, 5.41) is 21.5. The molecule has 104 valence electrons. The van der Waals surface area contributed by atoms with Crippen LogP contribution in [0.3, 0.4) is 0 Å². The third-order valence-corrected chi connectivity index (χ3v) is 3.53. The van der Waals surface area contributed by atoms with Gasteiger partial charge in [-0.25, -0.2) is 4.79 Å². The van der Waals surface area contributed by atoms with E-state index in [2.05, 4.69) is 9.69 Å². The molecule has 0 saturated carbocycles. The topological polar surface area (TPSA) is 99.5 Å². The SMILES string of the molecule is Cc1nsc(NC(=O)C(O)c2ccccc2)c1C(=O)O. The number of carbonyl (C=O) groups excluding carboxylic acids is 1. The standard InChI is InChI=1S/C13H12N2O4S/c1-7-9(13(18)19)12(20-15-7)14-11(17)10(16)8-5-3-2-4-6-8/h2-6,10,16H,1H3,(H,14,17)(H,18,19). The van der Waals surface area contributed by atoms with E-state index in [9.17, 15) is 14.7 Å². The lowest BCUT2D eigenvalue weighted by molar-refractivity contribution is -0.124. The van der Waals surface area contributed by atoms with E-state index < -0.39 is 18.0 Å². The molecule has 0 bridgehead atoms. The van der Waals surface area contributed by atoms with E-state index in [1.54, 1.807) is 37.3 Å². The van der Waals surface area contributed by atoms with Crippen LogP contribution in [0.15, 0.2) is 30.3 Å². The maximum absolute atomic E-state index is 11.9. The molecule has 0 fully saturated rings. The second-order valence-corrected chi connectivity index (χ2v) is 4.85. The van der Waals surface area contributed by atoms with Gasteiger partial charge in [-0.2, -0.15) is 4.37 Å². The minimum absolute atomic E-state index is 0.0522. The van der Waals surface area contributed by atoms with Crippen LogP contribution in [0.5, 0.6) is 0 Å². The third kappa shape index (κ3) is 2.84. The number of aliphatic hydroxyl groups is 1. The largest absolute Gasteiger partial charge is 0.478 e. The van der Waals surface area contributed by atoms with Crippen molar-refractivity contribution < 1.29 is 19.8 Å². The number of nitrogens with one attached hydrogen (secondary N) is 1. The molecule has 0 aliphatic rings. The van der Waals surface area contributed by atoms with Crippen molar-refractivity contribution >= 4 is 28.4 Å². The summed E-state index contributed by atoms with van der Waals surface area (Å²) >= 11 is 0.872. The van der Waals surface area contributed by atoms with Gasteiger partial charge in [0.2, 0.25) is 0 Å². The average Bonchev–Trinajstić information content (AvgIpc) is 2.79. The van der Waals surface area contributed by atoms with Crippen molar-refractivity contribution in [3.8, 4) is 0 Å². The monoisotopic (exact) mass is 292 g/mol. The summed E-state index contributed by atoms with van der Waals surface area (Å²) in [7, 11) is 0. The van der Waals surface area contributed by atoms with Crippen LogP contribution >= 0.6 is 11.5 Å². The summed E-state index contributed by atoms with van der Waals surface area (Å²) in [4.78, 5) is 23.0. The van der Waals surface area contributed by atoms with Crippen molar-refractivity contribution in [3.05, 3.63) is 47.2 Å². The molecule has 0 aliphatic heterocycles. The lowest BCUT2D eigenvalue weighted by Gasteiger charge is -2.10. The van der Waals surface area contributed by atoms with Crippen LogP contribution < -0.4 is 5.32 Å². The van der Waals surface area contributed by atoms with Crippen LogP contribution in [0.25, 0.3) is 0 Å². The number of rotatable bonds is 4. The van der Waals surface area contributed by atoms with Crippen LogP contribution in [0, 0.1) is 6.92 Å². The first kappa shape index (κ1) is 14.2. The van der Waals surface area contributed by atoms with Gasteiger partial charge in [0.1, 0.15) is 10.6 Å². The number of aryl methyl sites for hydroxylation is 1. The second kappa shape index (κ2) is 5.81. The molecule has 0 aliphatic carbocycles. The zero-order valence-electron chi connectivity index (χ0n) is 10.5. The number of anilines is 1. The number of amides is 1. The Kier molecular flexibility index (Phi) is 4.11. The van der Waals surface area contributed by atoms with Gasteiger partial charge in [-0.3, -0.25) is 4.79 Å². The first-order valence-corrected chi connectivity index (χ1v) is 6.51. The Morgan fingerprint density at radius 3 is 2.55 bits per heavy atom. The Morgan fingerprint density at radius 1 is 1.30 bits per heavy atom. The normalized spacial score (nSPS) is 11.9. The van der Waals surface area contributed by atoms with E-state index in [4.69, 9.17) is 5.11 Å². The molecular weight excluding hydrogens is 280 g/mol. The lowest BCUT2D eigenvalue weighted by atomic mass is 10.1. The first-order chi connectivity index (χ1) is 9.50. The third-order valence-electron chi connectivity index (χ3n) is 2.68. The molecule has 1 atom stereocenters. The van der Waals surface area contributed by atoms with E-state index in [0.717, 1.165) is 11.5 Å². The molecule has 0 radical (unpaired) electrons. The van der Waals surface area contributed by atoms with Gasteiger partial charge in [-0.15, -0.1) is 0 Å². The highest BCUT2D eigenvalue weighted by Crippen LogP contribution is 2.25. The number of aliphatic hydroxyl groups excluding tert-OH is 1. The molecule has 1 amide bonds. The molecule has 1 heterocycles. The van der Waals surface area contributed by atoms with Crippen LogP contribution in [0.4, 0.5) is 5.00 Å². The fourth-order valence-electron chi connectivity index (χ4n) is 1.67. The van der Waals surface area contributed by atoms with Gasteiger partial charge in [0.05, 0.1) is 5.69 Å². The molecule has 1 aromatic heterocycles. The molecule has 0 spiro atoms. The molecule has 0 saturated heterocycles. The van der Waals surface area contributed by atoms with Crippen molar-refractivity contribution in [3.63, 3.8) is 0 Å². The Morgan fingerprint density at radius 2 is 1.95 bits per heavy atom. The molecule has 2 aromatic rings. The molecule has 6 nitrogen and oxygen atoms in total. The van der Waals surface area contributed by atoms with E-state index in [1.807, 2.05) is 0 Å². The summed E-state index contributed by atoms with van der Waals surface area (Å²) < 4.78 is 3.89. The number of hydrogen-bond acceptors (Lipinski definition) is 5. The van der Waals surface area contributed by atoms with Crippen molar-refractivity contribution in [1.82, 2.24) is 4.37 Å². The smallest absolute Gasteiger partial charge is 0.340 e. The van der Waals surface area contributed by atoms with Crippen LogP contribution in [-0.4, -0.2) is 26.5 Å². The quantitative estimate of drug-likeness (QED) is 0.798. The maximum Gasteiger partial charge on any atom is 0.340 e. The second-order valence-electron chi connectivity index (χ2n) is 4.08. The number of aromatic nitrogens is 1. The molecular formula is C13H12N2O4S. The van der Waals surface area contributed by atoms with Crippen molar-refractivity contribution in [2.24, 2.45) is 0 Å². The molecule has 1 unspecified atom stereocenters. The van der Waals surface area contributed by atoms with Crippen molar-refractivity contribution in [1.29, 1.82) is 0 Å². The molecule has 2 rings (SSSR count). The fraction of sp³-hybridized carbons (Fsp3) is 0.154. The Bertz CT molecular complexity index is 639. The van der Waals surface area contributed by atoms with Crippen molar-refractivity contribution in [2.45, 2.75) is 13.0 Å². The fourth-order valence-corrected chi connectivity index (χ4v) is 2.47. The number of carboxylic acid groups (broad SMARTS) is 1. The van der Waals surface area contributed by atoms with Gasteiger partial charge in [0.15, 0.2) is 6.10 Å². The van der Waals surface area contributed by atoms with Gasteiger partial charge in [-0.05, 0) is 24.0 Å². The van der Waals surface area contributed by atoms with Gasteiger partial charge < -0.3 is 15.5 Å². The lowest BCUT2D eigenvalue weighted by Crippen LogP contribution is -2.21. The van der Waals surface area contributed by atoms with Crippen LogP contribution in [0.2, 0.25) is 0 Å². The van der Waals surface area contributed by atoms with E-state index in [1.165, 1.54) is 0 Å². The number of nitrogens with zero attached hydrogens (tertiary/aromatic N) is 1. The van der Waals surface area contributed by atoms with Gasteiger partial charge >= 0.3 is 5.97 Å². The number of hydrogen-bond donors (Lipinski definition) is 3. The van der Waals surface area contributed by atoms with Gasteiger partial charge in [0, 0.05) is 0 Å². The van der Waals surface area contributed by atoms with Crippen LogP contribution in [-0.2, 0) is 4.79 Å². The summed E-state index contributed by atoms with van der Waals surface area (Å²) in [5.74, 6) is -1.86. The van der Waals surface area contributed by atoms with Gasteiger partial charge in [-0.1, -0.05) is 30.3 Å². The van der Waals surface area contributed by atoms with Gasteiger partial charge in [0.25, 0.3) is 5.91 Å². The minimum Gasteiger partial charge on any atom is -0.478 e. The number of carboxylic acids is 1. The Hall–Kier alpha value is -2.25. The summed E-state index contributed by atoms with van der Waals surface area (Å²) in [6.45, 7) is 1.54. The van der Waals surface area contributed by atoms with E-state index in [0.29, 0.717) is 11.3 Å². The average molecular weight is 292 g/mol. The Balaban J connectivity index is 2.18.